The van der Waals surface area contributed by atoms with E-state index in [9.17, 15) is 9.59 Å². The number of aryl methyl sites for hydroxylation is 2. The predicted molar refractivity (Wildman–Crippen MR) is 142 cm³/mol. The highest BCUT2D eigenvalue weighted by molar-refractivity contribution is 5.88. The first kappa shape index (κ1) is 26.8. The van der Waals surface area contributed by atoms with Gasteiger partial charge in [-0.3, -0.25) is 9.59 Å². The van der Waals surface area contributed by atoms with Crippen LogP contribution in [0.1, 0.15) is 35.6 Å². The van der Waals surface area contributed by atoms with Crippen LogP contribution in [0.3, 0.4) is 0 Å². The molecule has 1 N–H and O–H groups in total. The summed E-state index contributed by atoms with van der Waals surface area (Å²) in [6.07, 6.45) is 1.21. The van der Waals surface area contributed by atoms with E-state index in [1.165, 1.54) is 0 Å². The number of methoxy groups -OCH3 is 1. The number of hydrogen-bond donors (Lipinski definition) is 1. The lowest BCUT2D eigenvalue weighted by molar-refractivity contribution is -0.142. The molecule has 0 fully saturated rings. The number of carbonyl (C=O) groups excluding carboxylic acids is 2. The highest BCUT2D eigenvalue weighted by Gasteiger charge is 2.30. The molecule has 0 aliphatic heterocycles. The van der Waals surface area contributed by atoms with Gasteiger partial charge in [0.25, 0.3) is 5.91 Å². The van der Waals surface area contributed by atoms with Gasteiger partial charge >= 0.3 is 0 Å². The maximum atomic E-state index is 13.7. The van der Waals surface area contributed by atoms with Gasteiger partial charge in [-0.2, -0.15) is 0 Å². The quantitative estimate of drug-likeness (QED) is 0.396. The van der Waals surface area contributed by atoms with Crippen molar-refractivity contribution in [1.82, 2.24) is 10.2 Å². The van der Waals surface area contributed by atoms with Gasteiger partial charge in [-0.05, 0) is 60.7 Å². The molecule has 0 aliphatic rings. The highest BCUT2D eigenvalue weighted by Crippen LogP contribution is 2.21. The molecule has 0 heterocycles. The molecule has 3 aromatic rings. The van der Waals surface area contributed by atoms with Gasteiger partial charge in [0.1, 0.15) is 17.5 Å². The van der Waals surface area contributed by atoms with E-state index in [2.05, 4.69) is 5.32 Å². The van der Waals surface area contributed by atoms with Crippen LogP contribution in [0.2, 0.25) is 0 Å². The van der Waals surface area contributed by atoms with Gasteiger partial charge in [0.15, 0.2) is 6.61 Å². The summed E-state index contributed by atoms with van der Waals surface area (Å²) in [4.78, 5) is 28.7. The molecular formula is C30H36N2O4. The molecule has 6 nitrogen and oxygen atoms in total. The number of nitrogens with zero attached hydrogens (tertiary/aromatic N) is 1. The van der Waals surface area contributed by atoms with Crippen molar-refractivity contribution in [2.45, 2.75) is 46.2 Å². The van der Waals surface area contributed by atoms with Crippen LogP contribution >= 0.6 is 0 Å². The fourth-order valence-electron chi connectivity index (χ4n) is 3.97. The van der Waals surface area contributed by atoms with Gasteiger partial charge in [-0.25, -0.2) is 0 Å². The van der Waals surface area contributed by atoms with E-state index in [-0.39, 0.29) is 25.0 Å². The Bertz CT molecular complexity index is 1150. The van der Waals surface area contributed by atoms with Crippen LogP contribution in [0.4, 0.5) is 0 Å². The zero-order chi connectivity index (χ0) is 25.9. The van der Waals surface area contributed by atoms with Crippen LogP contribution in [-0.4, -0.2) is 43.0 Å². The summed E-state index contributed by atoms with van der Waals surface area (Å²) in [5.74, 6) is 0.927. The number of rotatable bonds is 12. The van der Waals surface area contributed by atoms with Crippen LogP contribution < -0.4 is 14.8 Å². The van der Waals surface area contributed by atoms with E-state index in [4.69, 9.17) is 9.47 Å². The van der Waals surface area contributed by atoms with E-state index < -0.39 is 6.04 Å². The SMILES string of the molecule is CCCNC(=O)[C@H](Cc1ccccc1)N(Cc1cccc(OC)c1)C(=O)COc1cc(C)ccc1C. The van der Waals surface area contributed by atoms with Gasteiger partial charge in [-0.1, -0.05) is 61.5 Å². The minimum Gasteiger partial charge on any atom is -0.497 e. The third-order valence-electron chi connectivity index (χ3n) is 6.00. The lowest BCUT2D eigenvalue weighted by Crippen LogP contribution is -2.51. The van der Waals surface area contributed by atoms with Crippen molar-refractivity contribution in [3.63, 3.8) is 0 Å². The summed E-state index contributed by atoms with van der Waals surface area (Å²) < 4.78 is 11.3. The highest BCUT2D eigenvalue weighted by atomic mass is 16.5. The van der Waals surface area contributed by atoms with Gasteiger partial charge in [0.2, 0.25) is 5.91 Å². The van der Waals surface area contributed by atoms with Crippen LogP contribution in [0.15, 0.2) is 72.8 Å². The van der Waals surface area contributed by atoms with Gasteiger partial charge in [0.05, 0.1) is 7.11 Å². The Labute approximate surface area is 214 Å². The number of hydrogen-bond acceptors (Lipinski definition) is 4. The Balaban J connectivity index is 1.92. The molecule has 0 bridgehead atoms. The summed E-state index contributed by atoms with van der Waals surface area (Å²) in [7, 11) is 1.61. The van der Waals surface area contributed by atoms with Crippen molar-refractivity contribution in [2.75, 3.05) is 20.3 Å². The zero-order valence-corrected chi connectivity index (χ0v) is 21.6. The Hall–Kier alpha value is -3.80. The minimum absolute atomic E-state index is 0.166. The van der Waals surface area contributed by atoms with Crippen LogP contribution in [0.25, 0.3) is 0 Å². The van der Waals surface area contributed by atoms with Crippen molar-refractivity contribution >= 4 is 11.8 Å². The predicted octanol–water partition coefficient (Wildman–Crippen LogP) is 4.86. The standard InChI is InChI=1S/C30H36N2O4/c1-5-16-31-30(34)27(19-24-10-7-6-8-11-24)32(20-25-12-9-13-26(18-25)35-4)29(33)21-36-28-17-22(2)14-15-23(28)3/h6-15,17-18,27H,5,16,19-21H2,1-4H3,(H,31,34)/t27-/m0/s1. The van der Waals surface area contributed by atoms with Gasteiger partial charge < -0.3 is 19.7 Å². The lowest BCUT2D eigenvalue weighted by Gasteiger charge is -2.31. The molecule has 6 heteroatoms. The molecular weight excluding hydrogens is 452 g/mol. The van der Waals surface area contributed by atoms with Crippen molar-refractivity contribution < 1.29 is 19.1 Å². The maximum absolute atomic E-state index is 13.7. The minimum atomic E-state index is -0.695. The van der Waals surface area contributed by atoms with Gasteiger partial charge in [-0.15, -0.1) is 0 Å². The summed E-state index contributed by atoms with van der Waals surface area (Å²) in [6.45, 7) is 6.57. The monoisotopic (exact) mass is 488 g/mol. The second-order valence-corrected chi connectivity index (χ2v) is 8.93. The molecule has 3 aromatic carbocycles. The fourth-order valence-corrected chi connectivity index (χ4v) is 3.97. The maximum Gasteiger partial charge on any atom is 0.261 e. The van der Waals surface area contributed by atoms with E-state index in [1.54, 1.807) is 12.0 Å². The van der Waals surface area contributed by atoms with Crippen molar-refractivity contribution in [3.05, 3.63) is 95.1 Å². The normalized spacial score (nSPS) is 11.4. The molecule has 190 valence electrons. The molecule has 3 rings (SSSR count). The molecule has 0 spiro atoms. The zero-order valence-electron chi connectivity index (χ0n) is 21.6. The summed E-state index contributed by atoms with van der Waals surface area (Å²) in [5, 5.41) is 2.99. The summed E-state index contributed by atoms with van der Waals surface area (Å²) >= 11 is 0. The van der Waals surface area contributed by atoms with E-state index >= 15 is 0 Å². The van der Waals surface area contributed by atoms with Crippen LogP contribution in [-0.2, 0) is 22.6 Å². The molecule has 0 aromatic heterocycles. The largest absolute Gasteiger partial charge is 0.497 e. The summed E-state index contributed by atoms with van der Waals surface area (Å²) in [5.41, 5.74) is 3.86. The number of ether oxygens (including phenoxy) is 2. The molecule has 36 heavy (non-hydrogen) atoms. The van der Waals surface area contributed by atoms with Crippen molar-refractivity contribution in [3.8, 4) is 11.5 Å². The van der Waals surface area contributed by atoms with E-state index in [0.29, 0.717) is 24.5 Å². The first-order valence-corrected chi connectivity index (χ1v) is 12.3. The topological polar surface area (TPSA) is 67.9 Å². The van der Waals surface area contributed by atoms with Crippen molar-refractivity contribution in [1.29, 1.82) is 0 Å². The molecule has 1 atom stereocenters. The average molecular weight is 489 g/mol. The second kappa shape index (κ2) is 13.3. The second-order valence-electron chi connectivity index (χ2n) is 8.93. The lowest BCUT2D eigenvalue weighted by atomic mass is 10.0. The molecule has 0 saturated carbocycles. The number of carbonyl (C=O) groups is 2. The average Bonchev–Trinajstić information content (AvgIpc) is 2.90. The smallest absolute Gasteiger partial charge is 0.261 e. The Morgan fingerprint density at radius 2 is 1.69 bits per heavy atom. The van der Waals surface area contributed by atoms with E-state index in [0.717, 1.165) is 28.7 Å². The Morgan fingerprint density at radius 1 is 0.944 bits per heavy atom. The number of benzene rings is 3. The first-order valence-electron chi connectivity index (χ1n) is 12.3. The third-order valence-corrected chi connectivity index (χ3v) is 6.00. The van der Waals surface area contributed by atoms with Crippen molar-refractivity contribution in [2.24, 2.45) is 0 Å². The van der Waals surface area contributed by atoms with E-state index in [1.807, 2.05) is 93.6 Å². The number of amides is 2. The Morgan fingerprint density at radius 3 is 2.42 bits per heavy atom. The first-order chi connectivity index (χ1) is 17.4. The molecule has 2 amide bonds. The fraction of sp³-hybridized carbons (Fsp3) is 0.333. The number of nitrogens with one attached hydrogen (secondary N) is 1. The van der Waals surface area contributed by atoms with Crippen LogP contribution in [0, 0.1) is 13.8 Å². The molecule has 0 saturated heterocycles. The van der Waals surface area contributed by atoms with Gasteiger partial charge in [0, 0.05) is 19.5 Å². The van der Waals surface area contributed by atoms with Crippen LogP contribution in [0.5, 0.6) is 11.5 Å². The Kier molecular flexibility index (Phi) is 9.92. The third kappa shape index (κ3) is 7.60. The molecule has 0 radical (unpaired) electrons. The molecule has 0 aliphatic carbocycles. The molecule has 0 unspecified atom stereocenters. The summed E-state index contributed by atoms with van der Waals surface area (Å²) in [6, 6.07) is 22.5.